The van der Waals surface area contributed by atoms with Gasteiger partial charge < -0.3 is 9.31 Å². The average molecular weight is 279 g/mol. The van der Waals surface area contributed by atoms with Gasteiger partial charge in [0.25, 0.3) is 0 Å². The van der Waals surface area contributed by atoms with Crippen molar-refractivity contribution >= 4 is 24.3 Å². The van der Waals surface area contributed by atoms with Crippen molar-refractivity contribution in [3.63, 3.8) is 0 Å². The minimum absolute atomic E-state index is 0.297. The van der Waals surface area contributed by atoms with E-state index in [1.165, 1.54) is 0 Å². The summed E-state index contributed by atoms with van der Waals surface area (Å²) in [5.41, 5.74) is 1.65. The van der Waals surface area contributed by atoms with Crippen molar-refractivity contribution in [3.8, 4) is 0 Å². The molecule has 0 unspecified atom stereocenters. The number of allylic oxidation sites excluding steroid dienone is 1. The van der Waals surface area contributed by atoms with Crippen LogP contribution in [0.3, 0.4) is 0 Å². The first kappa shape index (κ1) is 14.6. The highest BCUT2D eigenvalue weighted by Gasteiger charge is 2.50. The summed E-state index contributed by atoms with van der Waals surface area (Å²) in [4.78, 5) is 0. The van der Waals surface area contributed by atoms with Crippen LogP contribution in [0.25, 0.3) is 5.57 Å². The van der Waals surface area contributed by atoms with Crippen molar-refractivity contribution in [2.24, 2.45) is 0 Å². The van der Waals surface area contributed by atoms with Gasteiger partial charge in [-0.1, -0.05) is 35.3 Å². The molecule has 1 heterocycles. The highest BCUT2D eigenvalue weighted by Crippen LogP contribution is 2.37. The lowest BCUT2D eigenvalue weighted by molar-refractivity contribution is 0.00578. The lowest BCUT2D eigenvalue weighted by Gasteiger charge is -2.32. The highest BCUT2D eigenvalue weighted by atomic mass is 35.5. The summed E-state index contributed by atoms with van der Waals surface area (Å²) in [5, 5.41) is 0.743. The molecule has 1 aliphatic rings. The zero-order chi connectivity index (χ0) is 14.3. The molecule has 19 heavy (non-hydrogen) atoms. The van der Waals surface area contributed by atoms with Gasteiger partial charge in [0.2, 0.25) is 0 Å². The molecule has 0 radical (unpaired) electrons. The summed E-state index contributed by atoms with van der Waals surface area (Å²) in [7, 11) is -0.305. The van der Waals surface area contributed by atoms with Crippen LogP contribution in [0, 0.1) is 0 Å². The molecule has 0 amide bonds. The Morgan fingerprint density at radius 3 is 2.00 bits per heavy atom. The minimum Gasteiger partial charge on any atom is -0.400 e. The number of hydrogen-bond donors (Lipinski definition) is 0. The second kappa shape index (κ2) is 4.97. The third-order valence-corrected chi connectivity index (χ3v) is 4.21. The van der Waals surface area contributed by atoms with E-state index in [-0.39, 0.29) is 18.3 Å². The topological polar surface area (TPSA) is 18.5 Å². The second-order valence-corrected chi connectivity index (χ2v) is 6.42. The number of rotatable bonds is 2. The lowest BCUT2D eigenvalue weighted by atomic mass is 9.85. The largest absolute Gasteiger partial charge is 0.487 e. The van der Waals surface area contributed by atoms with E-state index in [0.29, 0.717) is 0 Å². The fourth-order valence-corrected chi connectivity index (χ4v) is 2.10. The molecule has 0 bridgehead atoms. The van der Waals surface area contributed by atoms with Crippen LogP contribution in [0.2, 0.25) is 5.02 Å². The SMILES string of the molecule is C/C(=C/B1OC(C)(C)C(C)(C)O1)c1ccc(Cl)cc1. The fraction of sp³-hybridized carbons (Fsp3) is 0.467. The van der Waals surface area contributed by atoms with Crippen molar-refractivity contribution in [2.45, 2.75) is 45.8 Å². The van der Waals surface area contributed by atoms with Gasteiger partial charge in [0.15, 0.2) is 0 Å². The molecule has 0 spiro atoms. The van der Waals surface area contributed by atoms with E-state index in [1.807, 2.05) is 37.2 Å². The van der Waals surface area contributed by atoms with Gasteiger partial charge >= 0.3 is 7.12 Å². The Morgan fingerprint density at radius 2 is 1.53 bits per heavy atom. The van der Waals surface area contributed by atoms with Crippen molar-refractivity contribution in [3.05, 3.63) is 40.8 Å². The fourth-order valence-electron chi connectivity index (χ4n) is 1.97. The molecule has 102 valence electrons. The van der Waals surface area contributed by atoms with E-state index in [0.717, 1.165) is 16.2 Å². The van der Waals surface area contributed by atoms with Crippen molar-refractivity contribution in [1.29, 1.82) is 0 Å². The molecule has 0 N–H and O–H groups in total. The quantitative estimate of drug-likeness (QED) is 0.748. The van der Waals surface area contributed by atoms with E-state index in [2.05, 4.69) is 27.7 Å². The van der Waals surface area contributed by atoms with Crippen molar-refractivity contribution in [2.75, 3.05) is 0 Å². The minimum atomic E-state index is -0.305. The summed E-state index contributed by atoms with van der Waals surface area (Å²) < 4.78 is 11.9. The zero-order valence-corrected chi connectivity index (χ0v) is 12.9. The molecule has 1 saturated heterocycles. The van der Waals surface area contributed by atoms with Gasteiger partial charge in [-0.3, -0.25) is 0 Å². The van der Waals surface area contributed by atoms with E-state index < -0.39 is 0 Å². The summed E-state index contributed by atoms with van der Waals surface area (Å²) in [6.45, 7) is 10.3. The average Bonchev–Trinajstić information content (AvgIpc) is 2.47. The maximum atomic E-state index is 5.96. The molecule has 1 aromatic carbocycles. The van der Waals surface area contributed by atoms with Crippen molar-refractivity contribution in [1.82, 2.24) is 0 Å². The lowest BCUT2D eigenvalue weighted by Crippen LogP contribution is -2.41. The molecule has 1 aromatic rings. The number of benzene rings is 1. The molecule has 0 aliphatic carbocycles. The molecule has 4 heteroatoms. The molecule has 0 aromatic heterocycles. The molecular formula is C15H20BClO2. The van der Waals surface area contributed by atoms with Gasteiger partial charge in [-0.25, -0.2) is 0 Å². The van der Waals surface area contributed by atoms with E-state index in [9.17, 15) is 0 Å². The van der Waals surface area contributed by atoms with E-state index in [1.54, 1.807) is 0 Å². The first-order chi connectivity index (χ1) is 8.71. The standard InChI is InChI=1S/C15H20BClO2/c1-11(12-6-8-13(17)9-7-12)10-16-18-14(2,3)15(4,5)19-16/h6-10H,1-5H3/b11-10-. The Labute approximate surface area is 120 Å². The maximum Gasteiger partial charge on any atom is 0.487 e. The van der Waals surface area contributed by atoms with Crippen LogP contribution in [0.1, 0.15) is 40.2 Å². The summed E-state index contributed by atoms with van der Waals surface area (Å²) >= 11 is 5.89. The van der Waals surface area contributed by atoms with Gasteiger partial charge in [-0.2, -0.15) is 0 Å². The molecule has 0 saturated carbocycles. The Bertz CT molecular complexity index is 475. The van der Waals surface area contributed by atoms with E-state index >= 15 is 0 Å². The van der Waals surface area contributed by atoms with Crippen LogP contribution in [-0.2, 0) is 9.31 Å². The summed E-state index contributed by atoms with van der Waals surface area (Å²) in [5.74, 6) is 2.01. The highest BCUT2D eigenvalue weighted by molar-refractivity contribution is 6.53. The third-order valence-electron chi connectivity index (χ3n) is 3.96. The smallest absolute Gasteiger partial charge is 0.400 e. The van der Waals surface area contributed by atoms with Crippen LogP contribution in [-0.4, -0.2) is 18.3 Å². The van der Waals surface area contributed by atoms with Gasteiger partial charge in [-0.15, -0.1) is 0 Å². The van der Waals surface area contributed by atoms with Crippen LogP contribution >= 0.6 is 11.6 Å². The second-order valence-electron chi connectivity index (χ2n) is 5.98. The predicted octanol–water partition coefficient (Wildman–Crippen LogP) is 4.37. The summed E-state index contributed by atoms with van der Waals surface area (Å²) in [6.07, 6.45) is 0. The number of halogens is 1. The van der Waals surface area contributed by atoms with Gasteiger partial charge in [-0.05, 0) is 52.3 Å². The molecule has 2 nitrogen and oxygen atoms in total. The van der Waals surface area contributed by atoms with Gasteiger partial charge in [0.05, 0.1) is 11.2 Å². The van der Waals surface area contributed by atoms with Crippen molar-refractivity contribution < 1.29 is 9.31 Å². The molecular weight excluding hydrogens is 258 g/mol. The van der Waals surface area contributed by atoms with E-state index in [4.69, 9.17) is 20.9 Å². The van der Waals surface area contributed by atoms with Crippen LogP contribution in [0.4, 0.5) is 0 Å². The monoisotopic (exact) mass is 278 g/mol. The third kappa shape index (κ3) is 3.05. The van der Waals surface area contributed by atoms with Crippen LogP contribution < -0.4 is 0 Å². The Hall–Kier alpha value is -0.765. The molecule has 2 rings (SSSR count). The normalized spacial score (nSPS) is 21.8. The molecule has 0 atom stereocenters. The van der Waals surface area contributed by atoms with Gasteiger partial charge in [0.1, 0.15) is 0 Å². The summed E-state index contributed by atoms with van der Waals surface area (Å²) in [6, 6.07) is 7.77. The number of hydrogen-bond acceptors (Lipinski definition) is 2. The first-order valence-electron chi connectivity index (χ1n) is 6.51. The first-order valence-corrected chi connectivity index (χ1v) is 6.89. The maximum absolute atomic E-state index is 5.96. The molecule has 1 fully saturated rings. The van der Waals surface area contributed by atoms with Gasteiger partial charge in [0, 0.05) is 5.02 Å². The Morgan fingerprint density at radius 1 is 1.05 bits per heavy atom. The molecule has 1 aliphatic heterocycles. The van der Waals surface area contributed by atoms with Crippen LogP contribution in [0.15, 0.2) is 30.2 Å². The Balaban J connectivity index is 2.17. The zero-order valence-electron chi connectivity index (χ0n) is 12.2. The predicted molar refractivity (Wildman–Crippen MR) is 81.2 cm³/mol. The Kier molecular flexibility index (Phi) is 3.83. The van der Waals surface area contributed by atoms with Crippen LogP contribution in [0.5, 0.6) is 0 Å².